The average molecular weight is 329 g/mol. The number of piperidine rings is 1. The summed E-state index contributed by atoms with van der Waals surface area (Å²) in [5.74, 6) is 0.254. The molecule has 3 fully saturated rings. The Balaban J connectivity index is 1.37. The number of carbonyl (C=O) groups is 1. The number of ether oxygens (including phenoxy) is 1. The molecule has 1 amide bonds. The van der Waals surface area contributed by atoms with Gasteiger partial charge in [0.25, 0.3) is 0 Å². The van der Waals surface area contributed by atoms with Crippen LogP contribution in [0.5, 0.6) is 0 Å². The molecule has 3 aliphatic heterocycles. The molecule has 4 heterocycles. The Kier molecular flexibility index (Phi) is 4.55. The molecular weight excluding hydrogens is 302 g/mol. The van der Waals surface area contributed by atoms with Gasteiger partial charge in [0.1, 0.15) is 0 Å². The minimum Gasteiger partial charge on any atom is -0.380 e. The third kappa shape index (κ3) is 3.33. The SMILES string of the molecule is O=C(Cc1cccnc1)N1CCC[C@@]2(CCN([C@@H]3CCOC3)C2)C1. The lowest BCUT2D eigenvalue weighted by Gasteiger charge is -2.41. The zero-order valence-corrected chi connectivity index (χ0v) is 14.3. The van der Waals surface area contributed by atoms with E-state index in [0.29, 0.717) is 17.9 Å². The normalized spacial score (nSPS) is 31.0. The maximum atomic E-state index is 12.7. The van der Waals surface area contributed by atoms with Crippen LogP contribution in [-0.2, 0) is 16.0 Å². The van der Waals surface area contributed by atoms with Crippen molar-refractivity contribution in [3.8, 4) is 0 Å². The summed E-state index contributed by atoms with van der Waals surface area (Å²) < 4.78 is 5.56. The lowest BCUT2D eigenvalue weighted by molar-refractivity contribution is -0.133. The van der Waals surface area contributed by atoms with E-state index in [2.05, 4.69) is 14.8 Å². The van der Waals surface area contributed by atoms with Gasteiger partial charge in [-0.3, -0.25) is 14.7 Å². The van der Waals surface area contributed by atoms with Gasteiger partial charge in [-0.2, -0.15) is 0 Å². The van der Waals surface area contributed by atoms with Crippen LogP contribution in [-0.4, -0.2) is 66.1 Å². The minimum atomic E-state index is 0.254. The Bertz CT molecular complexity index is 573. The van der Waals surface area contributed by atoms with Crippen LogP contribution in [0.15, 0.2) is 24.5 Å². The molecule has 2 atom stereocenters. The fourth-order valence-corrected chi connectivity index (χ4v) is 4.63. The summed E-state index contributed by atoms with van der Waals surface area (Å²) in [7, 11) is 0. The fraction of sp³-hybridized carbons (Fsp3) is 0.684. The summed E-state index contributed by atoms with van der Waals surface area (Å²) in [5.41, 5.74) is 1.32. The number of aromatic nitrogens is 1. The molecule has 1 aromatic heterocycles. The molecule has 0 bridgehead atoms. The first kappa shape index (κ1) is 16.0. The van der Waals surface area contributed by atoms with E-state index in [-0.39, 0.29) is 5.91 Å². The van der Waals surface area contributed by atoms with Crippen molar-refractivity contribution in [3.05, 3.63) is 30.1 Å². The van der Waals surface area contributed by atoms with Crippen molar-refractivity contribution in [2.45, 2.75) is 38.1 Å². The summed E-state index contributed by atoms with van der Waals surface area (Å²) >= 11 is 0. The van der Waals surface area contributed by atoms with E-state index in [9.17, 15) is 4.79 Å². The van der Waals surface area contributed by atoms with Gasteiger partial charge in [-0.05, 0) is 43.9 Å². The topological polar surface area (TPSA) is 45.7 Å². The molecule has 3 aliphatic rings. The third-order valence-corrected chi connectivity index (χ3v) is 5.98. The zero-order valence-electron chi connectivity index (χ0n) is 14.3. The number of amides is 1. The first-order chi connectivity index (χ1) is 11.7. The van der Waals surface area contributed by atoms with Crippen molar-refractivity contribution in [1.82, 2.24) is 14.8 Å². The summed E-state index contributed by atoms with van der Waals surface area (Å²) in [5, 5.41) is 0. The number of pyridine rings is 1. The number of carbonyl (C=O) groups excluding carboxylic acids is 1. The number of likely N-dealkylation sites (tertiary alicyclic amines) is 2. The molecule has 1 spiro atoms. The first-order valence-corrected chi connectivity index (χ1v) is 9.23. The van der Waals surface area contributed by atoms with Crippen molar-refractivity contribution in [2.75, 3.05) is 39.4 Å². The Morgan fingerprint density at radius 2 is 2.29 bits per heavy atom. The maximum absolute atomic E-state index is 12.7. The molecule has 5 heteroatoms. The van der Waals surface area contributed by atoms with Gasteiger partial charge in [0.2, 0.25) is 5.91 Å². The highest BCUT2D eigenvalue weighted by atomic mass is 16.5. The Morgan fingerprint density at radius 3 is 3.08 bits per heavy atom. The highest BCUT2D eigenvalue weighted by Gasteiger charge is 2.44. The molecule has 0 unspecified atom stereocenters. The summed E-state index contributed by atoms with van der Waals surface area (Å²) in [6.07, 6.45) is 8.81. The van der Waals surface area contributed by atoms with Gasteiger partial charge in [-0.15, -0.1) is 0 Å². The lowest BCUT2D eigenvalue weighted by Crippen LogP contribution is -2.48. The molecule has 1 aromatic rings. The smallest absolute Gasteiger partial charge is 0.227 e. The van der Waals surface area contributed by atoms with Gasteiger partial charge in [-0.1, -0.05) is 6.07 Å². The van der Waals surface area contributed by atoms with Crippen LogP contribution >= 0.6 is 0 Å². The van der Waals surface area contributed by atoms with E-state index in [0.717, 1.165) is 44.8 Å². The van der Waals surface area contributed by atoms with Crippen LogP contribution in [0.1, 0.15) is 31.2 Å². The molecule has 130 valence electrons. The molecule has 0 radical (unpaired) electrons. The molecule has 0 saturated carbocycles. The lowest BCUT2D eigenvalue weighted by atomic mass is 9.79. The van der Waals surface area contributed by atoms with Crippen LogP contribution in [0.25, 0.3) is 0 Å². The molecule has 24 heavy (non-hydrogen) atoms. The number of hydrogen-bond acceptors (Lipinski definition) is 4. The van der Waals surface area contributed by atoms with Crippen molar-refractivity contribution in [2.24, 2.45) is 5.41 Å². The first-order valence-electron chi connectivity index (χ1n) is 9.23. The minimum absolute atomic E-state index is 0.254. The van der Waals surface area contributed by atoms with Gasteiger partial charge in [0, 0.05) is 50.1 Å². The monoisotopic (exact) mass is 329 g/mol. The van der Waals surface area contributed by atoms with E-state index in [1.54, 1.807) is 12.4 Å². The summed E-state index contributed by atoms with van der Waals surface area (Å²) in [4.78, 5) is 21.5. The van der Waals surface area contributed by atoms with E-state index in [4.69, 9.17) is 4.74 Å². The fourth-order valence-electron chi connectivity index (χ4n) is 4.63. The second kappa shape index (κ2) is 6.81. The van der Waals surface area contributed by atoms with Gasteiger partial charge >= 0.3 is 0 Å². The maximum Gasteiger partial charge on any atom is 0.227 e. The van der Waals surface area contributed by atoms with Gasteiger partial charge in [-0.25, -0.2) is 0 Å². The number of hydrogen-bond donors (Lipinski definition) is 0. The van der Waals surface area contributed by atoms with E-state index in [1.807, 2.05) is 12.1 Å². The highest BCUT2D eigenvalue weighted by molar-refractivity contribution is 5.78. The number of rotatable bonds is 3. The average Bonchev–Trinajstić information content (AvgIpc) is 3.26. The van der Waals surface area contributed by atoms with Gasteiger partial charge in [0.15, 0.2) is 0 Å². The quantitative estimate of drug-likeness (QED) is 0.847. The second-order valence-electron chi connectivity index (χ2n) is 7.69. The standard InChI is InChI=1S/C19H27N3O2/c23-18(11-16-3-1-7-20-12-16)22-8-2-5-19(15-22)6-9-21(14-19)17-4-10-24-13-17/h1,3,7,12,17H,2,4-6,8-11,13-15H2/t17-,19+/m1/s1. The van der Waals surface area contributed by atoms with Gasteiger partial charge in [0.05, 0.1) is 13.0 Å². The largest absolute Gasteiger partial charge is 0.380 e. The van der Waals surface area contributed by atoms with E-state index < -0.39 is 0 Å². The van der Waals surface area contributed by atoms with Crippen LogP contribution in [0.4, 0.5) is 0 Å². The highest BCUT2D eigenvalue weighted by Crippen LogP contribution is 2.40. The summed E-state index contributed by atoms with van der Waals surface area (Å²) in [6, 6.07) is 4.49. The molecular formula is C19H27N3O2. The number of nitrogens with zero attached hydrogens (tertiary/aromatic N) is 3. The van der Waals surface area contributed by atoms with Crippen molar-refractivity contribution in [3.63, 3.8) is 0 Å². The van der Waals surface area contributed by atoms with E-state index >= 15 is 0 Å². The van der Waals surface area contributed by atoms with Crippen molar-refractivity contribution in [1.29, 1.82) is 0 Å². The van der Waals surface area contributed by atoms with E-state index in [1.165, 1.54) is 25.8 Å². The predicted octanol–water partition coefficient (Wildman–Crippen LogP) is 1.73. The second-order valence-corrected chi connectivity index (χ2v) is 7.69. The zero-order chi connectivity index (χ0) is 16.4. The van der Waals surface area contributed by atoms with Crippen LogP contribution in [0.3, 0.4) is 0 Å². The molecule has 0 N–H and O–H groups in total. The van der Waals surface area contributed by atoms with Gasteiger partial charge < -0.3 is 9.64 Å². The predicted molar refractivity (Wildman–Crippen MR) is 91.6 cm³/mol. The third-order valence-electron chi connectivity index (χ3n) is 5.98. The molecule has 0 aromatic carbocycles. The van der Waals surface area contributed by atoms with Crippen molar-refractivity contribution >= 4 is 5.91 Å². The molecule has 3 saturated heterocycles. The summed E-state index contributed by atoms with van der Waals surface area (Å²) in [6.45, 7) is 5.93. The van der Waals surface area contributed by atoms with Crippen LogP contribution < -0.4 is 0 Å². The Hall–Kier alpha value is -1.46. The molecule has 5 nitrogen and oxygen atoms in total. The molecule has 4 rings (SSSR count). The Labute approximate surface area is 144 Å². The van der Waals surface area contributed by atoms with Crippen LogP contribution in [0.2, 0.25) is 0 Å². The van der Waals surface area contributed by atoms with Crippen LogP contribution in [0, 0.1) is 5.41 Å². The molecule has 0 aliphatic carbocycles. The van der Waals surface area contributed by atoms with Crippen molar-refractivity contribution < 1.29 is 9.53 Å². The Morgan fingerprint density at radius 1 is 1.33 bits per heavy atom.